The van der Waals surface area contributed by atoms with Crippen LogP contribution >= 0.6 is 11.6 Å². The Hall–Kier alpha value is -3.76. The summed E-state index contributed by atoms with van der Waals surface area (Å²) in [6.07, 6.45) is 9.14. The molecule has 0 aliphatic carbocycles. The van der Waals surface area contributed by atoms with Crippen LogP contribution in [0.3, 0.4) is 0 Å². The van der Waals surface area contributed by atoms with Crippen LogP contribution in [0.15, 0.2) is 64.8 Å². The molecule has 0 bridgehead atoms. The van der Waals surface area contributed by atoms with Crippen molar-refractivity contribution in [1.82, 2.24) is 34.0 Å². The summed E-state index contributed by atoms with van der Waals surface area (Å²) in [5.74, 6) is 0. The zero-order valence-electron chi connectivity index (χ0n) is 20.2. The first kappa shape index (κ1) is 24.9. The summed E-state index contributed by atoms with van der Waals surface area (Å²) in [5.41, 5.74) is 3.24. The standard InChI is InChI=1S/C26H27ClFN7O2/c27-20-13-19-5-11-33(10-2-1-7-29-8-3-6-28)25(19)21(14-20)24-22-12-18(16-35(22)32-17-31-24)15-34-23(36)4-9-30-26(34)37/h4-5,9,11-14,16-17,29H,1-3,6-8,10,15H2,(H,30,37). The van der Waals surface area contributed by atoms with E-state index in [0.717, 1.165) is 58.0 Å². The molecule has 4 heterocycles. The Morgan fingerprint density at radius 1 is 1.08 bits per heavy atom. The van der Waals surface area contributed by atoms with E-state index in [0.29, 0.717) is 23.7 Å². The maximum Gasteiger partial charge on any atom is 0.328 e. The van der Waals surface area contributed by atoms with E-state index in [2.05, 4.69) is 31.1 Å². The number of aromatic nitrogens is 6. The molecule has 1 aromatic carbocycles. The highest BCUT2D eigenvalue weighted by Crippen LogP contribution is 2.34. The Labute approximate surface area is 216 Å². The minimum Gasteiger partial charge on any atom is -0.347 e. The second-order valence-corrected chi connectivity index (χ2v) is 9.33. The summed E-state index contributed by atoms with van der Waals surface area (Å²) in [7, 11) is 0. The number of nitrogens with zero attached hydrogens (tertiary/aromatic N) is 5. The van der Waals surface area contributed by atoms with Gasteiger partial charge in [-0.15, -0.1) is 0 Å². The number of hydrogen-bond acceptors (Lipinski definition) is 5. The Kier molecular flexibility index (Phi) is 7.47. The van der Waals surface area contributed by atoms with Gasteiger partial charge in [-0.2, -0.15) is 5.10 Å². The number of benzene rings is 1. The van der Waals surface area contributed by atoms with Crippen molar-refractivity contribution in [3.63, 3.8) is 0 Å². The van der Waals surface area contributed by atoms with E-state index in [1.165, 1.54) is 18.6 Å². The van der Waals surface area contributed by atoms with E-state index >= 15 is 0 Å². The van der Waals surface area contributed by atoms with E-state index in [1.807, 2.05) is 24.3 Å². The molecular formula is C26H27ClFN7O2. The lowest BCUT2D eigenvalue weighted by molar-refractivity contribution is 0.456. The van der Waals surface area contributed by atoms with Crippen LogP contribution in [0.2, 0.25) is 5.02 Å². The molecule has 0 saturated carbocycles. The minimum atomic E-state index is -0.471. The quantitative estimate of drug-likeness (QED) is 0.257. The number of H-pyrrole nitrogens is 1. The lowest BCUT2D eigenvalue weighted by Crippen LogP contribution is -2.34. The monoisotopic (exact) mass is 523 g/mol. The second kappa shape index (κ2) is 11.1. The SMILES string of the molecule is O=c1cc[nH]c(=O)n1Cc1cc2c(-c3cc(Cl)cc4ccn(CCCCNCCCF)c34)ncnn2c1. The summed E-state index contributed by atoms with van der Waals surface area (Å²) in [4.78, 5) is 31.5. The molecule has 0 aliphatic rings. The first-order valence-electron chi connectivity index (χ1n) is 12.2. The number of unbranched alkanes of at least 4 members (excludes halogenated alkanes) is 1. The first-order chi connectivity index (χ1) is 18.0. The van der Waals surface area contributed by atoms with Crippen LogP contribution in [0.25, 0.3) is 27.7 Å². The molecule has 0 aliphatic heterocycles. The normalized spacial score (nSPS) is 11.6. The fourth-order valence-electron chi connectivity index (χ4n) is 4.59. The summed E-state index contributed by atoms with van der Waals surface area (Å²) < 4.78 is 17.3. The van der Waals surface area contributed by atoms with Crippen molar-refractivity contribution >= 4 is 28.0 Å². The van der Waals surface area contributed by atoms with Gasteiger partial charge in [0.2, 0.25) is 0 Å². The number of fused-ring (bicyclic) bond motifs is 2. The summed E-state index contributed by atoms with van der Waals surface area (Å²) in [6.45, 7) is 2.18. The molecule has 5 rings (SSSR count). The fraction of sp³-hybridized carbons (Fsp3) is 0.308. The molecule has 9 nitrogen and oxygen atoms in total. The largest absolute Gasteiger partial charge is 0.347 e. The highest BCUT2D eigenvalue weighted by atomic mass is 35.5. The van der Waals surface area contributed by atoms with Gasteiger partial charge in [0.05, 0.1) is 29.9 Å². The van der Waals surface area contributed by atoms with E-state index in [4.69, 9.17) is 11.6 Å². The first-order valence-corrected chi connectivity index (χ1v) is 12.6. The maximum absolute atomic E-state index is 12.2. The number of aromatic amines is 1. The number of alkyl halides is 1. The number of halogens is 2. The van der Waals surface area contributed by atoms with Gasteiger partial charge in [0.15, 0.2) is 0 Å². The Bertz CT molecular complexity index is 1620. The number of rotatable bonds is 11. The van der Waals surface area contributed by atoms with Crippen LogP contribution in [0, 0.1) is 0 Å². The van der Waals surface area contributed by atoms with E-state index in [9.17, 15) is 14.0 Å². The van der Waals surface area contributed by atoms with Crippen LogP contribution in [0.1, 0.15) is 24.8 Å². The molecule has 5 aromatic rings. The molecule has 4 aromatic heterocycles. The van der Waals surface area contributed by atoms with Crippen LogP contribution in [0.4, 0.5) is 4.39 Å². The third-order valence-corrected chi connectivity index (χ3v) is 6.54. The zero-order chi connectivity index (χ0) is 25.8. The van der Waals surface area contributed by atoms with Crippen molar-refractivity contribution in [2.24, 2.45) is 0 Å². The van der Waals surface area contributed by atoms with Crippen LogP contribution in [-0.2, 0) is 13.1 Å². The lowest BCUT2D eigenvalue weighted by Gasteiger charge is -2.11. The molecule has 0 saturated heterocycles. The molecule has 0 spiro atoms. The molecule has 192 valence electrons. The van der Waals surface area contributed by atoms with Crippen molar-refractivity contribution in [1.29, 1.82) is 0 Å². The van der Waals surface area contributed by atoms with Gasteiger partial charge in [0.25, 0.3) is 5.56 Å². The van der Waals surface area contributed by atoms with Gasteiger partial charge >= 0.3 is 5.69 Å². The smallest absolute Gasteiger partial charge is 0.328 e. The van der Waals surface area contributed by atoms with E-state index in [-0.39, 0.29) is 18.8 Å². The third-order valence-electron chi connectivity index (χ3n) is 6.32. The van der Waals surface area contributed by atoms with Gasteiger partial charge in [0.1, 0.15) is 6.33 Å². The molecule has 0 unspecified atom stereocenters. The van der Waals surface area contributed by atoms with Gasteiger partial charge in [-0.3, -0.25) is 13.8 Å². The van der Waals surface area contributed by atoms with Crippen LogP contribution < -0.4 is 16.6 Å². The molecule has 0 radical (unpaired) electrons. The van der Waals surface area contributed by atoms with Crippen molar-refractivity contribution in [3.05, 3.63) is 86.7 Å². The van der Waals surface area contributed by atoms with Crippen LogP contribution in [-0.4, -0.2) is 48.5 Å². The van der Waals surface area contributed by atoms with Crippen LogP contribution in [0.5, 0.6) is 0 Å². The highest BCUT2D eigenvalue weighted by molar-refractivity contribution is 6.32. The zero-order valence-corrected chi connectivity index (χ0v) is 20.9. The fourth-order valence-corrected chi connectivity index (χ4v) is 4.82. The average molecular weight is 524 g/mol. The van der Waals surface area contributed by atoms with Gasteiger partial charge in [-0.1, -0.05) is 11.6 Å². The van der Waals surface area contributed by atoms with Gasteiger partial charge in [0, 0.05) is 47.2 Å². The Morgan fingerprint density at radius 2 is 1.95 bits per heavy atom. The lowest BCUT2D eigenvalue weighted by atomic mass is 10.1. The van der Waals surface area contributed by atoms with E-state index < -0.39 is 5.69 Å². The molecular weight excluding hydrogens is 497 g/mol. The molecule has 0 fully saturated rings. The molecule has 0 amide bonds. The second-order valence-electron chi connectivity index (χ2n) is 8.89. The molecule has 37 heavy (non-hydrogen) atoms. The van der Waals surface area contributed by atoms with Crippen molar-refractivity contribution in [2.45, 2.75) is 32.4 Å². The van der Waals surface area contributed by atoms with Gasteiger partial charge in [-0.05, 0) is 62.2 Å². The summed E-state index contributed by atoms with van der Waals surface area (Å²) >= 11 is 6.50. The topological polar surface area (TPSA) is 102 Å². The number of hydrogen-bond donors (Lipinski definition) is 2. The Morgan fingerprint density at radius 3 is 2.78 bits per heavy atom. The third kappa shape index (κ3) is 5.35. The predicted molar refractivity (Wildman–Crippen MR) is 142 cm³/mol. The van der Waals surface area contributed by atoms with Crippen molar-refractivity contribution < 1.29 is 4.39 Å². The van der Waals surface area contributed by atoms with Gasteiger partial charge < -0.3 is 14.9 Å². The highest BCUT2D eigenvalue weighted by Gasteiger charge is 2.16. The summed E-state index contributed by atoms with van der Waals surface area (Å²) in [5, 5.41) is 9.22. The van der Waals surface area contributed by atoms with E-state index in [1.54, 1.807) is 10.7 Å². The van der Waals surface area contributed by atoms with Crippen molar-refractivity contribution in [3.8, 4) is 11.3 Å². The number of nitrogens with one attached hydrogen (secondary N) is 2. The van der Waals surface area contributed by atoms with Gasteiger partial charge in [-0.25, -0.2) is 14.3 Å². The number of aryl methyl sites for hydroxylation is 1. The molecule has 11 heteroatoms. The van der Waals surface area contributed by atoms with Crippen molar-refractivity contribution in [2.75, 3.05) is 19.8 Å². The predicted octanol–water partition coefficient (Wildman–Crippen LogP) is 3.63. The Balaban J connectivity index is 1.47. The summed E-state index contributed by atoms with van der Waals surface area (Å²) in [6, 6.07) is 9.09. The molecule has 0 atom stereocenters. The molecule has 2 N–H and O–H groups in total. The maximum atomic E-state index is 12.2. The average Bonchev–Trinajstić information content (AvgIpc) is 3.49. The minimum absolute atomic E-state index is 0.110.